The Morgan fingerprint density at radius 3 is 2.37 bits per heavy atom. The number of allylic oxidation sites excluding steroid dienone is 6. The Balaban J connectivity index is 1.04. The van der Waals surface area contributed by atoms with Crippen LogP contribution in [0.5, 0.6) is 0 Å². The predicted octanol–water partition coefficient (Wildman–Crippen LogP) is 11.1. The summed E-state index contributed by atoms with van der Waals surface area (Å²) < 4.78 is 0. The van der Waals surface area contributed by atoms with Gasteiger partial charge >= 0.3 is 0 Å². The van der Waals surface area contributed by atoms with Gasteiger partial charge in [0.05, 0.1) is 17.3 Å². The van der Waals surface area contributed by atoms with Crippen LogP contribution in [-0.4, -0.2) is 20.9 Å². The highest BCUT2D eigenvalue weighted by Crippen LogP contribution is 2.53. The van der Waals surface area contributed by atoms with E-state index in [1.807, 2.05) is 0 Å². The number of nitrogens with zero attached hydrogens (tertiary/aromatic N) is 3. The number of benzene rings is 5. The second-order valence-electron chi connectivity index (χ2n) is 13.6. The Morgan fingerprint density at radius 1 is 0.673 bits per heavy atom. The van der Waals surface area contributed by atoms with Gasteiger partial charge in [-0.1, -0.05) is 140 Å². The Bertz CT molecular complexity index is 2440. The van der Waals surface area contributed by atoms with Gasteiger partial charge in [0.1, 0.15) is 5.82 Å². The fraction of sp³-hybridized carbons (Fsp3) is 0.130. The van der Waals surface area contributed by atoms with Crippen LogP contribution in [-0.2, 0) is 0 Å². The molecule has 3 nitrogen and oxygen atoms in total. The second-order valence-corrected chi connectivity index (χ2v) is 13.6. The third-order valence-electron chi connectivity index (χ3n) is 10.8. The van der Waals surface area contributed by atoms with Crippen LogP contribution in [0.2, 0.25) is 0 Å². The lowest BCUT2D eigenvalue weighted by molar-refractivity contribution is 0.369. The Hall–Kier alpha value is -5.80. The molecule has 0 spiro atoms. The van der Waals surface area contributed by atoms with Crippen LogP contribution < -0.4 is 0 Å². The maximum atomic E-state index is 5.39. The molecule has 0 N–H and O–H groups in total. The minimum absolute atomic E-state index is 0.0935. The van der Waals surface area contributed by atoms with Gasteiger partial charge in [0, 0.05) is 34.2 Å². The normalized spacial score (nSPS) is 20.8. The van der Waals surface area contributed by atoms with Crippen molar-refractivity contribution in [1.29, 1.82) is 0 Å². The molecule has 0 fully saturated rings. The second kappa shape index (κ2) is 11.4. The van der Waals surface area contributed by atoms with Crippen molar-refractivity contribution < 1.29 is 0 Å². The van der Waals surface area contributed by atoms with Gasteiger partial charge in [-0.25, -0.2) is 9.97 Å². The topological polar surface area (TPSA) is 29.0 Å². The molecule has 3 atom stereocenters. The summed E-state index contributed by atoms with van der Waals surface area (Å²) in [5, 5.41) is 3.61. The number of rotatable bonds is 4. The summed E-state index contributed by atoms with van der Waals surface area (Å²) in [6, 6.07) is 41.8. The predicted molar refractivity (Wildman–Crippen MR) is 202 cm³/mol. The molecule has 234 valence electrons. The van der Waals surface area contributed by atoms with E-state index in [9.17, 15) is 0 Å². The van der Waals surface area contributed by atoms with Gasteiger partial charge in [0.2, 0.25) is 0 Å². The van der Waals surface area contributed by atoms with Gasteiger partial charge in [0.15, 0.2) is 0 Å². The number of hydrogen-bond donors (Lipinski definition) is 0. The first-order chi connectivity index (χ1) is 24.3. The van der Waals surface area contributed by atoms with Crippen LogP contribution in [0.1, 0.15) is 48.0 Å². The SMILES string of the molecule is C1=CCCC(N2C3=C(CC(c4nc(-c5ccc(-c6cccc7ccccc67)cc5)c5ccccc5n4)C=C3)C3c4ccccc4C=CC32)=C1. The van der Waals surface area contributed by atoms with Gasteiger partial charge in [0.25, 0.3) is 0 Å². The minimum atomic E-state index is 0.0935. The Morgan fingerprint density at radius 2 is 1.47 bits per heavy atom. The minimum Gasteiger partial charge on any atom is -0.337 e. The van der Waals surface area contributed by atoms with Crippen molar-refractivity contribution in [3.05, 3.63) is 186 Å². The summed E-state index contributed by atoms with van der Waals surface area (Å²) in [5.41, 5.74) is 12.6. The molecule has 0 amide bonds. The van der Waals surface area contributed by atoms with Crippen molar-refractivity contribution in [1.82, 2.24) is 14.9 Å². The van der Waals surface area contributed by atoms with Gasteiger partial charge in [-0.3, -0.25) is 0 Å². The Labute approximate surface area is 287 Å². The fourth-order valence-corrected chi connectivity index (χ4v) is 8.56. The Kier molecular flexibility index (Phi) is 6.58. The molecule has 49 heavy (non-hydrogen) atoms. The van der Waals surface area contributed by atoms with Crippen LogP contribution in [0.15, 0.2) is 169 Å². The summed E-state index contributed by atoms with van der Waals surface area (Å²) in [5.74, 6) is 1.30. The third-order valence-corrected chi connectivity index (χ3v) is 10.8. The number of fused-ring (bicyclic) bond motifs is 6. The summed E-state index contributed by atoms with van der Waals surface area (Å²) in [6.45, 7) is 0. The van der Waals surface area contributed by atoms with E-state index in [2.05, 4.69) is 163 Å². The first kappa shape index (κ1) is 28.2. The van der Waals surface area contributed by atoms with Gasteiger partial charge in [-0.15, -0.1) is 0 Å². The molecular weight excluding hydrogens is 595 g/mol. The largest absolute Gasteiger partial charge is 0.337 e. The molecule has 0 saturated heterocycles. The number of aromatic nitrogens is 2. The van der Waals surface area contributed by atoms with E-state index in [4.69, 9.17) is 9.97 Å². The van der Waals surface area contributed by atoms with Crippen LogP contribution in [0.4, 0.5) is 0 Å². The molecule has 1 aliphatic heterocycles. The third kappa shape index (κ3) is 4.64. The molecule has 3 heteroatoms. The number of hydrogen-bond acceptors (Lipinski definition) is 3. The smallest absolute Gasteiger partial charge is 0.136 e. The summed E-state index contributed by atoms with van der Waals surface area (Å²) >= 11 is 0. The van der Waals surface area contributed by atoms with Crippen molar-refractivity contribution in [2.24, 2.45) is 0 Å². The molecule has 0 bridgehead atoms. The number of para-hydroxylation sites is 1. The van der Waals surface area contributed by atoms with E-state index in [0.29, 0.717) is 5.92 Å². The van der Waals surface area contributed by atoms with Crippen LogP contribution in [0.3, 0.4) is 0 Å². The highest BCUT2D eigenvalue weighted by molar-refractivity contribution is 5.97. The maximum absolute atomic E-state index is 5.39. The standard InChI is InChI=1S/C46H35N3/c1-2-14-35(15-3-1)49-42-27-26-34(29-40(42)44-38-17-7-5-12-31(38)25-28-43(44)49)46-47-41-20-9-8-18-39(41)45(48-46)33-23-21-32(22-24-33)37-19-10-13-30-11-4-6-16-36(30)37/h1-2,4-14,16-28,34,43-44H,3,15,29H2. The first-order valence-electron chi connectivity index (χ1n) is 17.5. The molecule has 0 radical (unpaired) electrons. The first-order valence-corrected chi connectivity index (χ1v) is 17.5. The van der Waals surface area contributed by atoms with E-state index in [-0.39, 0.29) is 12.0 Å². The van der Waals surface area contributed by atoms with Crippen LogP contribution >= 0.6 is 0 Å². The molecule has 3 unspecified atom stereocenters. The zero-order valence-electron chi connectivity index (χ0n) is 27.2. The lowest BCUT2D eigenvalue weighted by Gasteiger charge is -2.35. The van der Waals surface area contributed by atoms with E-state index in [1.165, 1.54) is 50.0 Å². The summed E-state index contributed by atoms with van der Waals surface area (Å²) in [7, 11) is 0. The average molecular weight is 630 g/mol. The van der Waals surface area contributed by atoms with Crippen LogP contribution in [0.25, 0.3) is 50.1 Å². The van der Waals surface area contributed by atoms with E-state index in [1.54, 1.807) is 0 Å². The molecule has 3 aliphatic carbocycles. The van der Waals surface area contributed by atoms with E-state index >= 15 is 0 Å². The van der Waals surface area contributed by atoms with E-state index in [0.717, 1.165) is 47.2 Å². The van der Waals surface area contributed by atoms with Gasteiger partial charge in [-0.05, 0) is 76.1 Å². The monoisotopic (exact) mass is 629 g/mol. The fourth-order valence-electron chi connectivity index (χ4n) is 8.56. The summed E-state index contributed by atoms with van der Waals surface area (Å²) in [4.78, 5) is 13.2. The molecule has 0 saturated carbocycles. The average Bonchev–Trinajstić information content (AvgIpc) is 3.52. The van der Waals surface area contributed by atoms with Crippen molar-refractivity contribution in [2.75, 3.05) is 0 Å². The molecule has 2 heterocycles. The molecule has 10 rings (SSSR count). The molecule has 1 aromatic heterocycles. The highest BCUT2D eigenvalue weighted by atomic mass is 15.2. The van der Waals surface area contributed by atoms with Gasteiger partial charge < -0.3 is 4.90 Å². The van der Waals surface area contributed by atoms with Crippen LogP contribution in [0, 0.1) is 0 Å². The van der Waals surface area contributed by atoms with Gasteiger partial charge in [-0.2, -0.15) is 0 Å². The lowest BCUT2D eigenvalue weighted by Crippen LogP contribution is -2.32. The molecule has 6 aromatic rings. The van der Waals surface area contributed by atoms with Crippen molar-refractivity contribution >= 4 is 27.8 Å². The van der Waals surface area contributed by atoms with Crippen molar-refractivity contribution in [3.8, 4) is 22.4 Å². The zero-order chi connectivity index (χ0) is 32.3. The van der Waals surface area contributed by atoms with Crippen molar-refractivity contribution in [3.63, 3.8) is 0 Å². The molecule has 5 aromatic carbocycles. The summed E-state index contributed by atoms with van der Waals surface area (Å²) in [6.07, 6.45) is 19.4. The molecule has 4 aliphatic rings. The highest BCUT2D eigenvalue weighted by Gasteiger charge is 2.44. The lowest BCUT2D eigenvalue weighted by atomic mass is 9.77. The van der Waals surface area contributed by atoms with Crippen molar-refractivity contribution in [2.45, 2.75) is 37.1 Å². The molecular formula is C46H35N3. The van der Waals surface area contributed by atoms with E-state index < -0.39 is 0 Å². The zero-order valence-corrected chi connectivity index (χ0v) is 27.2. The maximum Gasteiger partial charge on any atom is 0.136 e. The quantitative estimate of drug-likeness (QED) is 0.194.